The highest BCUT2D eigenvalue weighted by atomic mass is 16.6. The van der Waals surface area contributed by atoms with Gasteiger partial charge in [0.25, 0.3) is 0 Å². The number of unbranched alkanes of at least 4 members (excludes halogenated alkanes) is 1. The second-order valence-corrected chi connectivity index (χ2v) is 5.63. The molecule has 0 aliphatic rings. The van der Waals surface area contributed by atoms with Gasteiger partial charge < -0.3 is 4.90 Å². The Hall–Kier alpha value is -1.92. The summed E-state index contributed by atoms with van der Waals surface area (Å²) in [6.45, 7) is 10.1. The van der Waals surface area contributed by atoms with E-state index in [1.165, 1.54) is 4.68 Å². The lowest BCUT2D eigenvalue weighted by Gasteiger charge is -2.28. The first-order valence-electron chi connectivity index (χ1n) is 7.81. The molecule has 1 rings (SSSR count). The van der Waals surface area contributed by atoms with Gasteiger partial charge in [0.05, 0.1) is 4.92 Å². The van der Waals surface area contributed by atoms with Gasteiger partial charge in [0.2, 0.25) is 5.91 Å². The highest BCUT2D eigenvalue weighted by molar-refractivity contribution is 5.76. The zero-order valence-electron chi connectivity index (χ0n) is 14.1. The van der Waals surface area contributed by atoms with Crippen molar-refractivity contribution >= 4 is 11.6 Å². The molecule has 0 fully saturated rings. The largest absolute Gasteiger partial charge is 0.338 e. The number of aryl methyl sites for hydroxylation is 1. The molecule has 0 radical (unpaired) electrons. The van der Waals surface area contributed by atoms with E-state index in [1.54, 1.807) is 13.8 Å². The minimum Gasteiger partial charge on any atom is -0.338 e. The molecule has 124 valence electrons. The molecule has 7 nitrogen and oxygen atoms in total. The third kappa shape index (κ3) is 4.05. The monoisotopic (exact) mass is 310 g/mol. The van der Waals surface area contributed by atoms with Crippen molar-refractivity contribution in [1.82, 2.24) is 14.7 Å². The van der Waals surface area contributed by atoms with E-state index in [9.17, 15) is 14.9 Å². The van der Waals surface area contributed by atoms with E-state index >= 15 is 0 Å². The minimum atomic E-state index is -0.442. The summed E-state index contributed by atoms with van der Waals surface area (Å²) in [5.41, 5.74) is 0.769. The highest BCUT2D eigenvalue weighted by Crippen LogP contribution is 2.22. The lowest BCUT2D eigenvalue weighted by molar-refractivity contribution is -0.386. The van der Waals surface area contributed by atoms with Crippen LogP contribution in [0.4, 0.5) is 5.69 Å². The summed E-state index contributed by atoms with van der Waals surface area (Å²) >= 11 is 0. The van der Waals surface area contributed by atoms with Crippen LogP contribution in [0.5, 0.6) is 0 Å². The predicted molar refractivity (Wildman–Crippen MR) is 84.7 cm³/mol. The summed E-state index contributed by atoms with van der Waals surface area (Å²) in [7, 11) is 0. The minimum absolute atomic E-state index is 0.00329. The van der Waals surface area contributed by atoms with Crippen molar-refractivity contribution < 1.29 is 9.72 Å². The fraction of sp³-hybridized carbons (Fsp3) is 0.733. The third-order valence-corrected chi connectivity index (χ3v) is 4.01. The zero-order valence-corrected chi connectivity index (χ0v) is 14.1. The maximum absolute atomic E-state index is 12.6. The molecule has 0 saturated heterocycles. The molecule has 0 spiro atoms. The quantitative estimate of drug-likeness (QED) is 0.546. The Balaban J connectivity index is 2.94. The van der Waals surface area contributed by atoms with Crippen molar-refractivity contribution in [2.45, 2.75) is 66.5 Å². The summed E-state index contributed by atoms with van der Waals surface area (Å²) < 4.78 is 1.44. The Bertz CT molecular complexity index is 539. The Morgan fingerprint density at radius 3 is 2.50 bits per heavy atom. The van der Waals surface area contributed by atoms with Crippen molar-refractivity contribution in [3.8, 4) is 0 Å². The predicted octanol–water partition coefficient (Wildman–Crippen LogP) is 2.84. The van der Waals surface area contributed by atoms with Crippen molar-refractivity contribution in [1.29, 1.82) is 0 Å². The molecule has 1 aromatic rings. The number of rotatable bonds is 8. The number of nitro groups is 1. The molecular weight excluding hydrogens is 284 g/mol. The SMILES string of the molecule is CCCCN(C(=O)Cn1nc(C)c([N+](=O)[O-])c1C)C(C)CC. The fourth-order valence-corrected chi connectivity index (χ4v) is 2.46. The number of amides is 1. The lowest BCUT2D eigenvalue weighted by Crippen LogP contribution is -2.41. The number of hydrogen-bond acceptors (Lipinski definition) is 4. The Labute approximate surface area is 131 Å². The summed E-state index contributed by atoms with van der Waals surface area (Å²) in [6, 6.07) is 0.158. The van der Waals surface area contributed by atoms with Crippen molar-refractivity contribution in [3.63, 3.8) is 0 Å². The van der Waals surface area contributed by atoms with E-state index in [4.69, 9.17) is 0 Å². The summed E-state index contributed by atoms with van der Waals surface area (Å²) in [4.78, 5) is 25.0. The van der Waals surface area contributed by atoms with Gasteiger partial charge >= 0.3 is 5.69 Å². The molecule has 0 aliphatic heterocycles. The van der Waals surface area contributed by atoms with E-state index in [0.29, 0.717) is 17.9 Å². The third-order valence-electron chi connectivity index (χ3n) is 4.01. The first-order chi connectivity index (χ1) is 10.3. The van der Waals surface area contributed by atoms with Crippen LogP contribution in [0.2, 0.25) is 0 Å². The van der Waals surface area contributed by atoms with E-state index < -0.39 is 4.92 Å². The summed E-state index contributed by atoms with van der Waals surface area (Å²) in [5.74, 6) is -0.0386. The Kier molecular flexibility index (Phi) is 6.52. The van der Waals surface area contributed by atoms with Gasteiger partial charge in [-0.05, 0) is 33.6 Å². The van der Waals surface area contributed by atoms with Crippen LogP contribution in [0.15, 0.2) is 0 Å². The standard InChI is InChI=1S/C15H26N4O3/c1-6-8-9-17(11(3)7-2)14(20)10-18-13(5)15(19(21)22)12(4)16-18/h11H,6-10H2,1-5H3. The Morgan fingerprint density at radius 2 is 2.05 bits per heavy atom. The molecule has 1 atom stereocenters. The molecule has 0 saturated carbocycles. The average molecular weight is 310 g/mol. The van der Waals surface area contributed by atoms with Crippen LogP contribution in [0.3, 0.4) is 0 Å². The average Bonchev–Trinajstić information content (AvgIpc) is 2.73. The van der Waals surface area contributed by atoms with Gasteiger partial charge in [-0.3, -0.25) is 19.6 Å². The van der Waals surface area contributed by atoms with E-state index in [-0.39, 0.29) is 24.2 Å². The molecule has 1 unspecified atom stereocenters. The first-order valence-corrected chi connectivity index (χ1v) is 7.81. The molecule has 1 amide bonds. The zero-order chi connectivity index (χ0) is 16.9. The maximum atomic E-state index is 12.6. The number of carbonyl (C=O) groups is 1. The maximum Gasteiger partial charge on any atom is 0.312 e. The highest BCUT2D eigenvalue weighted by Gasteiger charge is 2.25. The molecule has 22 heavy (non-hydrogen) atoms. The number of nitrogens with zero attached hydrogens (tertiary/aromatic N) is 4. The molecule has 0 N–H and O–H groups in total. The van der Waals surface area contributed by atoms with Crippen molar-refractivity contribution in [2.24, 2.45) is 0 Å². The topological polar surface area (TPSA) is 81.3 Å². The van der Waals surface area contributed by atoms with Gasteiger partial charge in [0.15, 0.2) is 0 Å². The summed E-state index contributed by atoms with van der Waals surface area (Å²) in [5, 5.41) is 15.2. The number of carbonyl (C=O) groups excluding carboxylic acids is 1. The van der Waals surface area contributed by atoms with Gasteiger partial charge in [-0.1, -0.05) is 20.3 Å². The number of hydrogen-bond donors (Lipinski definition) is 0. The molecular formula is C15H26N4O3. The van der Waals surface area contributed by atoms with E-state index in [2.05, 4.69) is 12.0 Å². The van der Waals surface area contributed by atoms with Crippen molar-refractivity contribution in [2.75, 3.05) is 6.54 Å². The van der Waals surface area contributed by atoms with Crippen LogP contribution in [0, 0.1) is 24.0 Å². The van der Waals surface area contributed by atoms with E-state index in [1.807, 2.05) is 18.7 Å². The smallest absolute Gasteiger partial charge is 0.312 e. The van der Waals surface area contributed by atoms with Gasteiger partial charge in [-0.2, -0.15) is 5.10 Å². The van der Waals surface area contributed by atoms with Crippen LogP contribution in [-0.2, 0) is 11.3 Å². The van der Waals surface area contributed by atoms with Crippen LogP contribution >= 0.6 is 0 Å². The van der Waals surface area contributed by atoms with E-state index in [0.717, 1.165) is 19.3 Å². The Morgan fingerprint density at radius 1 is 1.41 bits per heavy atom. The molecule has 0 aliphatic carbocycles. The van der Waals surface area contributed by atoms with Gasteiger partial charge in [-0.15, -0.1) is 0 Å². The molecule has 7 heteroatoms. The molecule has 0 bridgehead atoms. The second-order valence-electron chi connectivity index (χ2n) is 5.63. The van der Waals surface area contributed by atoms with Crippen LogP contribution in [0.25, 0.3) is 0 Å². The first kappa shape index (κ1) is 18.1. The van der Waals surface area contributed by atoms with Gasteiger partial charge in [-0.25, -0.2) is 0 Å². The van der Waals surface area contributed by atoms with Crippen molar-refractivity contribution in [3.05, 3.63) is 21.5 Å². The molecule has 1 heterocycles. The van der Waals surface area contributed by atoms with Crippen LogP contribution in [0.1, 0.15) is 51.4 Å². The summed E-state index contributed by atoms with van der Waals surface area (Å²) in [6.07, 6.45) is 2.85. The van der Waals surface area contributed by atoms with Crippen LogP contribution in [-0.4, -0.2) is 38.1 Å². The lowest BCUT2D eigenvalue weighted by atomic mass is 10.2. The van der Waals surface area contributed by atoms with Crippen LogP contribution < -0.4 is 0 Å². The van der Waals surface area contributed by atoms with Gasteiger partial charge in [0, 0.05) is 12.6 Å². The molecule has 0 aromatic carbocycles. The molecule has 1 aromatic heterocycles. The normalized spacial score (nSPS) is 12.2. The fourth-order valence-electron chi connectivity index (χ4n) is 2.46. The second kappa shape index (κ2) is 7.91. The number of aromatic nitrogens is 2. The van der Waals surface area contributed by atoms with Gasteiger partial charge in [0.1, 0.15) is 17.9 Å².